The highest BCUT2D eigenvalue weighted by Gasteiger charge is 2.27. The van der Waals surface area contributed by atoms with Gasteiger partial charge in [0.15, 0.2) is 11.5 Å². The Kier molecular flexibility index (Phi) is 3.77. The van der Waals surface area contributed by atoms with Crippen LogP contribution < -0.4 is 4.90 Å². The van der Waals surface area contributed by atoms with Crippen molar-refractivity contribution in [2.45, 2.75) is 19.1 Å². The quantitative estimate of drug-likeness (QED) is 0.824. The first-order chi connectivity index (χ1) is 10.1. The SMILES string of the molecule is COCc1nc(N2CC[C@H](N(C)C)C2)c2cnn(C)c2n1. The zero-order chi connectivity index (χ0) is 15.0. The third-order valence-corrected chi connectivity index (χ3v) is 4.08. The summed E-state index contributed by atoms with van der Waals surface area (Å²) in [5.74, 6) is 1.68. The number of methoxy groups -OCH3 is 1. The van der Waals surface area contributed by atoms with Crippen LogP contribution in [-0.2, 0) is 18.4 Å². The summed E-state index contributed by atoms with van der Waals surface area (Å²) in [6.07, 6.45) is 3.00. The number of rotatable bonds is 4. The van der Waals surface area contributed by atoms with E-state index in [2.05, 4.69) is 34.0 Å². The van der Waals surface area contributed by atoms with Crippen molar-refractivity contribution in [3.8, 4) is 0 Å². The molecule has 114 valence electrons. The Hall–Kier alpha value is -1.73. The van der Waals surface area contributed by atoms with E-state index in [1.54, 1.807) is 11.8 Å². The van der Waals surface area contributed by atoms with Crippen molar-refractivity contribution in [2.24, 2.45) is 7.05 Å². The lowest BCUT2D eigenvalue weighted by Gasteiger charge is -2.21. The molecule has 0 unspecified atom stereocenters. The summed E-state index contributed by atoms with van der Waals surface area (Å²) in [7, 11) is 7.82. The molecule has 0 N–H and O–H groups in total. The van der Waals surface area contributed by atoms with Gasteiger partial charge in [0, 0.05) is 33.3 Å². The van der Waals surface area contributed by atoms with Gasteiger partial charge in [-0.3, -0.25) is 4.68 Å². The monoisotopic (exact) mass is 290 g/mol. The van der Waals surface area contributed by atoms with E-state index in [1.807, 2.05) is 13.2 Å². The van der Waals surface area contributed by atoms with E-state index in [-0.39, 0.29) is 0 Å². The molecule has 0 bridgehead atoms. The van der Waals surface area contributed by atoms with Crippen LogP contribution in [0.2, 0.25) is 0 Å². The van der Waals surface area contributed by atoms with Crippen LogP contribution in [0, 0.1) is 0 Å². The van der Waals surface area contributed by atoms with Gasteiger partial charge in [-0.1, -0.05) is 0 Å². The normalized spacial score (nSPS) is 19.1. The number of likely N-dealkylation sites (N-methyl/N-ethyl adjacent to an activating group) is 1. The molecule has 7 heteroatoms. The van der Waals surface area contributed by atoms with Crippen LogP contribution in [0.1, 0.15) is 12.2 Å². The summed E-state index contributed by atoms with van der Waals surface area (Å²) < 4.78 is 6.98. The molecule has 0 spiro atoms. The van der Waals surface area contributed by atoms with Gasteiger partial charge >= 0.3 is 0 Å². The minimum absolute atomic E-state index is 0.416. The zero-order valence-electron chi connectivity index (χ0n) is 13.1. The van der Waals surface area contributed by atoms with Crippen LogP contribution >= 0.6 is 0 Å². The van der Waals surface area contributed by atoms with Crippen molar-refractivity contribution in [1.29, 1.82) is 0 Å². The standard InChI is InChI=1S/C14H22N6O/c1-18(2)10-5-6-20(8-10)14-11-7-15-19(3)13(11)16-12(17-14)9-21-4/h7,10H,5-6,8-9H2,1-4H3/t10-/m0/s1. The highest BCUT2D eigenvalue weighted by Crippen LogP contribution is 2.27. The molecule has 1 atom stereocenters. The molecule has 21 heavy (non-hydrogen) atoms. The maximum atomic E-state index is 5.19. The third kappa shape index (κ3) is 2.58. The van der Waals surface area contributed by atoms with Crippen molar-refractivity contribution >= 4 is 16.9 Å². The summed E-state index contributed by atoms with van der Waals surface area (Å²) in [4.78, 5) is 13.8. The highest BCUT2D eigenvalue weighted by atomic mass is 16.5. The van der Waals surface area contributed by atoms with E-state index in [1.165, 1.54) is 0 Å². The second-order valence-electron chi connectivity index (χ2n) is 5.75. The summed E-state index contributed by atoms with van der Waals surface area (Å²) in [5, 5.41) is 5.33. The lowest BCUT2D eigenvalue weighted by Crippen LogP contribution is -2.32. The lowest BCUT2D eigenvalue weighted by molar-refractivity contribution is 0.178. The molecule has 1 saturated heterocycles. The van der Waals surface area contributed by atoms with Gasteiger partial charge in [0.1, 0.15) is 12.4 Å². The fraction of sp³-hybridized carbons (Fsp3) is 0.643. The fourth-order valence-corrected chi connectivity index (χ4v) is 2.84. The molecule has 1 fully saturated rings. The number of fused-ring (bicyclic) bond motifs is 1. The maximum Gasteiger partial charge on any atom is 0.163 e. The zero-order valence-corrected chi connectivity index (χ0v) is 13.1. The number of hydrogen-bond donors (Lipinski definition) is 0. The molecule has 2 aromatic rings. The average Bonchev–Trinajstić information content (AvgIpc) is 3.07. The molecular formula is C14H22N6O. The second-order valence-corrected chi connectivity index (χ2v) is 5.75. The van der Waals surface area contributed by atoms with Crippen LogP contribution in [0.4, 0.5) is 5.82 Å². The van der Waals surface area contributed by atoms with Crippen LogP contribution in [-0.4, -0.2) is 65.0 Å². The van der Waals surface area contributed by atoms with Gasteiger partial charge in [0.2, 0.25) is 0 Å². The van der Waals surface area contributed by atoms with E-state index < -0.39 is 0 Å². The average molecular weight is 290 g/mol. The van der Waals surface area contributed by atoms with E-state index in [9.17, 15) is 0 Å². The molecule has 1 aliphatic heterocycles. The fourth-order valence-electron chi connectivity index (χ4n) is 2.84. The van der Waals surface area contributed by atoms with Crippen LogP contribution in [0.25, 0.3) is 11.0 Å². The van der Waals surface area contributed by atoms with Crippen LogP contribution in [0.15, 0.2) is 6.20 Å². The van der Waals surface area contributed by atoms with Gasteiger partial charge in [0.05, 0.1) is 11.6 Å². The number of aryl methyl sites for hydroxylation is 1. The number of anilines is 1. The molecule has 0 saturated carbocycles. The van der Waals surface area contributed by atoms with Crippen molar-refractivity contribution < 1.29 is 4.74 Å². The van der Waals surface area contributed by atoms with Crippen molar-refractivity contribution in [1.82, 2.24) is 24.6 Å². The van der Waals surface area contributed by atoms with Crippen LogP contribution in [0.5, 0.6) is 0 Å². The van der Waals surface area contributed by atoms with Gasteiger partial charge in [-0.05, 0) is 20.5 Å². The van der Waals surface area contributed by atoms with E-state index in [0.29, 0.717) is 18.5 Å². The number of ether oxygens (including phenoxy) is 1. The molecule has 2 aromatic heterocycles. The molecule has 0 amide bonds. The Bertz CT molecular complexity index is 638. The first-order valence-electron chi connectivity index (χ1n) is 7.19. The Labute approximate surface area is 124 Å². The summed E-state index contributed by atoms with van der Waals surface area (Å²) >= 11 is 0. The Balaban J connectivity index is 2.00. The highest BCUT2D eigenvalue weighted by molar-refractivity contribution is 5.87. The van der Waals surface area contributed by atoms with Gasteiger partial charge in [0.25, 0.3) is 0 Å². The van der Waals surface area contributed by atoms with Crippen molar-refractivity contribution in [3.05, 3.63) is 12.0 Å². The van der Waals surface area contributed by atoms with Gasteiger partial charge in [-0.25, -0.2) is 9.97 Å². The van der Waals surface area contributed by atoms with Gasteiger partial charge in [-0.15, -0.1) is 0 Å². The molecular weight excluding hydrogens is 268 g/mol. The first-order valence-corrected chi connectivity index (χ1v) is 7.19. The molecule has 1 aliphatic rings. The predicted octanol–water partition coefficient (Wildman–Crippen LogP) is 0.650. The number of aromatic nitrogens is 4. The number of hydrogen-bond acceptors (Lipinski definition) is 6. The molecule has 0 aliphatic carbocycles. The Morgan fingerprint density at radius 2 is 2.19 bits per heavy atom. The summed E-state index contributed by atoms with van der Waals surface area (Å²) in [6.45, 7) is 2.41. The Morgan fingerprint density at radius 1 is 1.38 bits per heavy atom. The third-order valence-electron chi connectivity index (χ3n) is 4.08. The topological polar surface area (TPSA) is 59.3 Å². The molecule has 7 nitrogen and oxygen atoms in total. The smallest absolute Gasteiger partial charge is 0.163 e. The Morgan fingerprint density at radius 3 is 2.86 bits per heavy atom. The largest absolute Gasteiger partial charge is 0.377 e. The minimum atomic E-state index is 0.416. The molecule has 3 heterocycles. The van der Waals surface area contributed by atoms with E-state index in [4.69, 9.17) is 9.72 Å². The maximum absolute atomic E-state index is 5.19. The summed E-state index contributed by atoms with van der Waals surface area (Å²) in [5.41, 5.74) is 0.861. The first kappa shape index (κ1) is 14.2. The van der Waals surface area contributed by atoms with Crippen molar-refractivity contribution in [3.63, 3.8) is 0 Å². The van der Waals surface area contributed by atoms with Gasteiger partial charge in [-0.2, -0.15) is 5.10 Å². The second kappa shape index (κ2) is 5.57. The summed E-state index contributed by atoms with van der Waals surface area (Å²) in [6, 6.07) is 0.567. The minimum Gasteiger partial charge on any atom is -0.377 e. The van der Waals surface area contributed by atoms with E-state index in [0.717, 1.165) is 36.4 Å². The molecule has 3 rings (SSSR count). The van der Waals surface area contributed by atoms with E-state index >= 15 is 0 Å². The number of nitrogens with zero attached hydrogens (tertiary/aromatic N) is 6. The molecule has 0 aromatic carbocycles. The van der Waals surface area contributed by atoms with Crippen molar-refractivity contribution in [2.75, 3.05) is 39.2 Å². The van der Waals surface area contributed by atoms with Gasteiger partial charge < -0.3 is 14.5 Å². The molecule has 0 radical (unpaired) electrons. The lowest BCUT2D eigenvalue weighted by atomic mass is 10.2. The predicted molar refractivity (Wildman–Crippen MR) is 81.3 cm³/mol. The van der Waals surface area contributed by atoms with Crippen LogP contribution in [0.3, 0.4) is 0 Å².